The number of carboxylic acid groups (broad SMARTS) is 1. The molecule has 1 heterocycles. The Kier molecular flexibility index (Phi) is 4.42. The lowest BCUT2D eigenvalue weighted by Gasteiger charge is -2.35. The minimum absolute atomic E-state index is 0.126. The van der Waals surface area contributed by atoms with Crippen LogP contribution in [0.3, 0.4) is 0 Å². The number of carbonyl (C=O) groups is 2. The summed E-state index contributed by atoms with van der Waals surface area (Å²) in [5.41, 5.74) is -0.598. The molecule has 7 heteroatoms. The zero-order chi connectivity index (χ0) is 15.6. The summed E-state index contributed by atoms with van der Waals surface area (Å²) in [4.78, 5) is 24.8. The lowest BCUT2D eigenvalue weighted by Crippen LogP contribution is -2.49. The van der Waals surface area contributed by atoms with Crippen LogP contribution in [0.5, 0.6) is 0 Å². The number of ether oxygens (including phenoxy) is 1. The van der Waals surface area contributed by atoms with E-state index in [4.69, 9.17) is 9.84 Å². The van der Waals surface area contributed by atoms with Crippen molar-refractivity contribution in [3.05, 3.63) is 29.6 Å². The monoisotopic (exact) mass is 296 g/mol. The van der Waals surface area contributed by atoms with Crippen molar-refractivity contribution in [3.8, 4) is 0 Å². The number of amides is 2. The number of benzene rings is 1. The number of carboxylic acids is 1. The Morgan fingerprint density at radius 2 is 1.95 bits per heavy atom. The number of para-hydroxylation sites is 1. The maximum Gasteiger partial charge on any atom is 0.337 e. The van der Waals surface area contributed by atoms with Crippen molar-refractivity contribution < 1.29 is 23.8 Å². The summed E-state index contributed by atoms with van der Waals surface area (Å²) in [7, 11) is 0. The van der Waals surface area contributed by atoms with E-state index in [2.05, 4.69) is 5.32 Å². The molecular weight excluding hydrogens is 279 g/mol. The van der Waals surface area contributed by atoms with Crippen LogP contribution in [0.2, 0.25) is 0 Å². The maximum absolute atomic E-state index is 13.8. The largest absolute Gasteiger partial charge is 0.478 e. The van der Waals surface area contributed by atoms with E-state index in [9.17, 15) is 14.0 Å². The molecule has 2 N–H and O–H groups in total. The molecule has 1 aliphatic heterocycles. The van der Waals surface area contributed by atoms with E-state index in [0.29, 0.717) is 13.1 Å². The minimum atomic E-state index is -1.30. The van der Waals surface area contributed by atoms with Gasteiger partial charge in [0.1, 0.15) is 5.82 Å². The second-order valence-electron chi connectivity index (χ2n) is 5.06. The van der Waals surface area contributed by atoms with Crippen molar-refractivity contribution in [2.75, 3.05) is 18.4 Å². The van der Waals surface area contributed by atoms with E-state index in [1.54, 1.807) is 0 Å². The average molecular weight is 296 g/mol. The van der Waals surface area contributed by atoms with Gasteiger partial charge in [-0.3, -0.25) is 0 Å². The van der Waals surface area contributed by atoms with Crippen molar-refractivity contribution in [2.24, 2.45) is 0 Å². The van der Waals surface area contributed by atoms with E-state index < -0.39 is 17.8 Å². The molecule has 0 aliphatic carbocycles. The molecule has 114 valence electrons. The summed E-state index contributed by atoms with van der Waals surface area (Å²) < 4.78 is 19.3. The number of halogens is 1. The molecule has 1 aliphatic rings. The Balaban J connectivity index is 2.18. The normalized spacial score (nSPS) is 22.0. The van der Waals surface area contributed by atoms with Gasteiger partial charge in [-0.15, -0.1) is 0 Å². The number of rotatable bonds is 2. The molecular formula is C14H17FN2O4. The Labute approximate surface area is 121 Å². The van der Waals surface area contributed by atoms with Crippen molar-refractivity contribution in [1.82, 2.24) is 4.90 Å². The van der Waals surface area contributed by atoms with Crippen LogP contribution in [0, 0.1) is 5.82 Å². The van der Waals surface area contributed by atoms with Gasteiger partial charge in [-0.25, -0.2) is 14.0 Å². The molecule has 0 spiro atoms. The average Bonchev–Trinajstić information content (AvgIpc) is 2.39. The number of aromatic carboxylic acids is 1. The molecule has 0 unspecified atom stereocenters. The third-order valence-corrected chi connectivity index (χ3v) is 3.18. The van der Waals surface area contributed by atoms with Crippen LogP contribution in [0.4, 0.5) is 14.9 Å². The van der Waals surface area contributed by atoms with E-state index in [1.807, 2.05) is 13.8 Å². The standard InChI is InChI=1S/C14H17FN2O4/c1-8-6-17(7-9(2)21-8)14(20)16-12-10(13(18)19)4-3-5-11(12)15/h3-5,8-9H,6-7H2,1-2H3,(H,16,20)(H,18,19)/t8-,9+. The second kappa shape index (κ2) is 6.09. The maximum atomic E-state index is 13.8. The fourth-order valence-corrected chi connectivity index (χ4v) is 2.36. The summed E-state index contributed by atoms with van der Waals surface area (Å²) in [6, 6.07) is 3.09. The molecule has 1 fully saturated rings. The van der Waals surface area contributed by atoms with Crippen LogP contribution in [-0.4, -0.2) is 47.3 Å². The number of hydrogen-bond acceptors (Lipinski definition) is 3. The molecule has 1 aromatic carbocycles. The van der Waals surface area contributed by atoms with E-state index in [0.717, 1.165) is 6.07 Å². The van der Waals surface area contributed by atoms with Gasteiger partial charge in [0, 0.05) is 13.1 Å². The van der Waals surface area contributed by atoms with Gasteiger partial charge >= 0.3 is 12.0 Å². The predicted molar refractivity (Wildman–Crippen MR) is 74.0 cm³/mol. The summed E-state index contributed by atoms with van der Waals surface area (Å²) in [5.74, 6) is -2.08. The Hall–Kier alpha value is -2.15. The number of morpholine rings is 1. The summed E-state index contributed by atoms with van der Waals surface area (Å²) >= 11 is 0. The highest BCUT2D eigenvalue weighted by atomic mass is 19.1. The summed E-state index contributed by atoms with van der Waals surface area (Å²) in [6.07, 6.45) is -0.252. The number of hydrogen-bond donors (Lipinski definition) is 2. The van der Waals surface area contributed by atoms with Gasteiger partial charge in [0.25, 0.3) is 0 Å². The number of anilines is 1. The number of nitrogens with one attached hydrogen (secondary N) is 1. The van der Waals surface area contributed by atoms with Crippen molar-refractivity contribution in [2.45, 2.75) is 26.1 Å². The first-order chi connectivity index (χ1) is 9.88. The Morgan fingerprint density at radius 1 is 1.33 bits per heavy atom. The second-order valence-corrected chi connectivity index (χ2v) is 5.06. The fourth-order valence-electron chi connectivity index (χ4n) is 2.36. The molecule has 2 atom stereocenters. The molecule has 6 nitrogen and oxygen atoms in total. The zero-order valence-electron chi connectivity index (χ0n) is 11.8. The zero-order valence-corrected chi connectivity index (χ0v) is 11.8. The molecule has 0 bridgehead atoms. The van der Waals surface area contributed by atoms with Crippen molar-refractivity contribution >= 4 is 17.7 Å². The quantitative estimate of drug-likeness (QED) is 0.876. The highest BCUT2D eigenvalue weighted by molar-refractivity contribution is 6.00. The predicted octanol–water partition coefficient (Wildman–Crippen LogP) is 2.17. The fraction of sp³-hybridized carbons (Fsp3) is 0.429. The van der Waals surface area contributed by atoms with Gasteiger partial charge in [0.2, 0.25) is 0 Å². The van der Waals surface area contributed by atoms with Crippen LogP contribution < -0.4 is 5.32 Å². The molecule has 1 saturated heterocycles. The van der Waals surface area contributed by atoms with Gasteiger partial charge in [-0.2, -0.15) is 0 Å². The van der Waals surface area contributed by atoms with E-state index in [1.165, 1.54) is 17.0 Å². The SMILES string of the molecule is C[C@@H]1CN(C(=O)Nc2c(F)cccc2C(=O)O)C[C@H](C)O1. The van der Waals surface area contributed by atoms with Gasteiger partial charge in [-0.05, 0) is 26.0 Å². The van der Waals surface area contributed by atoms with Crippen molar-refractivity contribution in [1.29, 1.82) is 0 Å². The lowest BCUT2D eigenvalue weighted by atomic mass is 10.1. The van der Waals surface area contributed by atoms with Crippen molar-refractivity contribution in [3.63, 3.8) is 0 Å². The van der Waals surface area contributed by atoms with Crippen LogP contribution in [-0.2, 0) is 4.74 Å². The van der Waals surface area contributed by atoms with Crippen LogP contribution in [0.25, 0.3) is 0 Å². The van der Waals surface area contributed by atoms with Gasteiger partial charge in [-0.1, -0.05) is 6.07 Å². The van der Waals surface area contributed by atoms with E-state index >= 15 is 0 Å². The molecule has 1 aromatic rings. The van der Waals surface area contributed by atoms with Crippen LogP contribution in [0.15, 0.2) is 18.2 Å². The van der Waals surface area contributed by atoms with Crippen LogP contribution in [0.1, 0.15) is 24.2 Å². The molecule has 0 radical (unpaired) electrons. The van der Waals surface area contributed by atoms with Gasteiger partial charge < -0.3 is 20.1 Å². The first kappa shape index (κ1) is 15.2. The minimum Gasteiger partial charge on any atom is -0.478 e. The van der Waals surface area contributed by atoms with Gasteiger partial charge in [0.15, 0.2) is 0 Å². The Morgan fingerprint density at radius 3 is 2.52 bits per heavy atom. The van der Waals surface area contributed by atoms with E-state index in [-0.39, 0.29) is 23.5 Å². The molecule has 2 rings (SSSR count). The molecule has 0 saturated carbocycles. The lowest BCUT2D eigenvalue weighted by molar-refractivity contribution is -0.0530. The topological polar surface area (TPSA) is 78.9 Å². The third-order valence-electron chi connectivity index (χ3n) is 3.18. The highest BCUT2D eigenvalue weighted by Gasteiger charge is 2.27. The highest BCUT2D eigenvalue weighted by Crippen LogP contribution is 2.21. The first-order valence-electron chi connectivity index (χ1n) is 6.61. The van der Waals surface area contributed by atoms with Gasteiger partial charge in [0.05, 0.1) is 23.5 Å². The number of nitrogens with zero attached hydrogens (tertiary/aromatic N) is 1. The summed E-state index contributed by atoms with van der Waals surface area (Å²) in [5, 5.41) is 11.4. The first-order valence-corrected chi connectivity index (χ1v) is 6.61. The van der Waals surface area contributed by atoms with Crippen LogP contribution >= 0.6 is 0 Å². The molecule has 21 heavy (non-hydrogen) atoms. The third kappa shape index (κ3) is 3.49. The summed E-state index contributed by atoms with van der Waals surface area (Å²) in [6.45, 7) is 4.41. The Bertz CT molecular complexity index is 554. The number of urea groups is 1. The number of carbonyl (C=O) groups excluding carboxylic acids is 1. The smallest absolute Gasteiger partial charge is 0.337 e. The molecule has 2 amide bonds. The molecule has 0 aromatic heterocycles.